The first-order valence-corrected chi connectivity index (χ1v) is 9.46. The van der Waals surface area contributed by atoms with E-state index in [1.807, 2.05) is 66.4 Å². The maximum absolute atomic E-state index is 12.5. The van der Waals surface area contributed by atoms with E-state index in [2.05, 4.69) is 5.32 Å². The number of benzene rings is 2. The lowest BCUT2D eigenvalue weighted by Crippen LogP contribution is -2.45. The fourth-order valence-electron chi connectivity index (χ4n) is 3.48. The molecule has 2 amide bonds. The zero-order valence-corrected chi connectivity index (χ0v) is 15.7. The van der Waals surface area contributed by atoms with Crippen LogP contribution in [0.25, 0.3) is 0 Å². The van der Waals surface area contributed by atoms with Gasteiger partial charge in [-0.15, -0.1) is 0 Å². The minimum Gasteiger partial charge on any atom is -0.388 e. The average molecular weight is 373 g/mol. The van der Waals surface area contributed by atoms with Gasteiger partial charge in [0.25, 0.3) is 0 Å². The molecule has 138 valence electrons. The minimum absolute atomic E-state index is 0.0647. The number of nitrogens with one attached hydrogen (secondary N) is 1. The monoisotopic (exact) mass is 372 g/mol. The van der Waals surface area contributed by atoms with Crippen molar-refractivity contribution in [1.82, 2.24) is 10.2 Å². The van der Waals surface area contributed by atoms with E-state index in [0.717, 1.165) is 24.0 Å². The molecule has 2 unspecified atom stereocenters. The number of hydrogen-bond donors (Lipinski definition) is 2. The fraction of sp³-hybridized carbons (Fsp3) is 0.381. The normalized spacial score (nSPS) is 17.6. The van der Waals surface area contributed by atoms with Gasteiger partial charge >= 0.3 is 6.03 Å². The Labute approximate surface area is 159 Å². The van der Waals surface area contributed by atoms with Crippen LogP contribution in [0.3, 0.4) is 0 Å². The molecule has 26 heavy (non-hydrogen) atoms. The van der Waals surface area contributed by atoms with Crippen LogP contribution < -0.4 is 5.32 Å². The Balaban J connectivity index is 1.52. The SMILES string of the molecule is CC(NC(=O)N1CCC(C(O)c2ccccc2)CC1)c1cccc(Cl)c1. The second-order valence-electron chi connectivity index (χ2n) is 6.91. The highest BCUT2D eigenvalue weighted by atomic mass is 35.5. The predicted molar refractivity (Wildman–Crippen MR) is 104 cm³/mol. The van der Waals surface area contributed by atoms with E-state index in [1.54, 1.807) is 0 Å². The van der Waals surface area contributed by atoms with E-state index in [4.69, 9.17) is 11.6 Å². The van der Waals surface area contributed by atoms with Crippen LogP contribution in [-0.4, -0.2) is 29.1 Å². The molecule has 2 aromatic carbocycles. The van der Waals surface area contributed by atoms with Gasteiger partial charge in [0.05, 0.1) is 12.1 Å². The highest BCUT2D eigenvalue weighted by Crippen LogP contribution is 2.30. The summed E-state index contributed by atoms with van der Waals surface area (Å²) in [7, 11) is 0. The summed E-state index contributed by atoms with van der Waals surface area (Å²) in [5.74, 6) is 0.187. The standard InChI is InChI=1S/C21H25ClN2O2/c1-15(18-8-5-9-19(22)14-18)23-21(26)24-12-10-17(11-13-24)20(25)16-6-3-2-4-7-16/h2-9,14-15,17,20,25H,10-13H2,1H3,(H,23,26). The second kappa shape index (κ2) is 8.56. The van der Waals surface area contributed by atoms with Crippen LogP contribution in [0, 0.1) is 5.92 Å². The largest absolute Gasteiger partial charge is 0.388 e. The molecule has 1 fully saturated rings. The molecular formula is C21H25ClN2O2. The minimum atomic E-state index is -0.466. The molecule has 5 heteroatoms. The van der Waals surface area contributed by atoms with Crippen LogP contribution in [0.4, 0.5) is 4.79 Å². The lowest BCUT2D eigenvalue weighted by molar-refractivity contribution is 0.0662. The van der Waals surface area contributed by atoms with Crippen molar-refractivity contribution in [2.24, 2.45) is 5.92 Å². The third-order valence-corrected chi connectivity index (χ3v) is 5.34. The molecule has 0 bridgehead atoms. The van der Waals surface area contributed by atoms with Gasteiger partial charge < -0.3 is 15.3 Å². The van der Waals surface area contributed by atoms with Crippen molar-refractivity contribution in [3.05, 3.63) is 70.7 Å². The molecule has 2 N–H and O–H groups in total. The smallest absolute Gasteiger partial charge is 0.317 e. The van der Waals surface area contributed by atoms with Gasteiger partial charge in [0, 0.05) is 18.1 Å². The van der Waals surface area contributed by atoms with Crippen LogP contribution in [0.2, 0.25) is 5.02 Å². The second-order valence-corrected chi connectivity index (χ2v) is 7.34. The van der Waals surface area contributed by atoms with E-state index < -0.39 is 6.10 Å². The Kier molecular flexibility index (Phi) is 6.17. The molecule has 0 aromatic heterocycles. The average Bonchev–Trinajstić information content (AvgIpc) is 2.68. The lowest BCUT2D eigenvalue weighted by Gasteiger charge is -2.35. The van der Waals surface area contributed by atoms with Crippen LogP contribution in [-0.2, 0) is 0 Å². The first kappa shape index (κ1) is 18.7. The number of carbonyl (C=O) groups is 1. The van der Waals surface area contributed by atoms with E-state index in [0.29, 0.717) is 18.1 Å². The van der Waals surface area contributed by atoms with E-state index in [-0.39, 0.29) is 18.0 Å². The Bertz CT molecular complexity index is 730. The number of hydrogen-bond acceptors (Lipinski definition) is 2. The van der Waals surface area contributed by atoms with Crippen molar-refractivity contribution < 1.29 is 9.90 Å². The predicted octanol–water partition coefficient (Wildman–Crippen LogP) is 4.56. The topological polar surface area (TPSA) is 52.6 Å². The number of rotatable bonds is 4. The molecule has 1 aliphatic rings. The number of aliphatic hydroxyl groups excluding tert-OH is 1. The van der Waals surface area contributed by atoms with Gasteiger partial charge in [0.1, 0.15) is 0 Å². The summed E-state index contributed by atoms with van der Waals surface area (Å²) in [5.41, 5.74) is 1.94. The Morgan fingerprint density at radius 2 is 1.77 bits per heavy atom. The molecule has 4 nitrogen and oxygen atoms in total. The number of carbonyl (C=O) groups excluding carboxylic acids is 1. The van der Waals surface area contributed by atoms with E-state index in [1.165, 1.54) is 0 Å². The molecule has 2 atom stereocenters. The highest BCUT2D eigenvalue weighted by Gasteiger charge is 2.28. The molecule has 0 radical (unpaired) electrons. The van der Waals surface area contributed by atoms with Crippen LogP contribution in [0.15, 0.2) is 54.6 Å². The van der Waals surface area contributed by atoms with Gasteiger partial charge in [0.15, 0.2) is 0 Å². The van der Waals surface area contributed by atoms with Crippen molar-refractivity contribution >= 4 is 17.6 Å². The number of urea groups is 1. The maximum Gasteiger partial charge on any atom is 0.317 e. The molecule has 2 aromatic rings. The summed E-state index contributed by atoms with van der Waals surface area (Å²) in [6.07, 6.45) is 1.14. The fourth-order valence-corrected chi connectivity index (χ4v) is 3.68. The molecule has 1 heterocycles. The molecule has 1 aliphatic heterocycles. The Morgan fingerprint density at radius 1 is 1.12 bits per heavy atom. The number of piperidine rings is 1. The molecular weight excluding hydrogens is 348 g/mol. The lowest BCUT2D eigenvalue weighted by atomic mass is 9.87. The Hall–Kier alpha value is -2.04. The summed E-state index contributed by atoms with van der Waals surface area (Å²) in [5, 5.41) is 14.3. The number of amides is 2. The zero-order valence-electron chi connectivity index (χ0n) is 14.9. The summed E-state index contributed by atoms with van der Waals surface area (Å²) in [6.45, 7) is 3.26. The van der Waals surface area contributed by atoms with Crippen molar-refractivity contribution in [3.63, 3.8) is 0 Å². The zero-order chi connectivity index (χ0) is 18.5. The number of likely N-dealkylation sites (tertiary alicyclic amines) is 1. The molecule has 0 aliphatic carbocycles. The number of nitrogens with zero attached hydrogens (tertiary/aromatic N) is 1. The van der Waals surface area contributed by atoms with Crippen molar-refractivity contribution in [2.45, 2.75) is 31.9 Å². The van der Waals surface area contributed by atoms with E-state index >= 15 is 0 Å². The molecule has 0 saturated carbocycles. The number of aliphatic hydroxyl groups is 1. The summed E-state index contributed by atoms with van der Waals surface area (Å²) < 4.78 is 0. The van der Waals surface area contributed by atoms with E-state index in [9.17, 15) is 9.90 Å². The maximum atomic E-state index is 12.5. The summed E-state index contributed by atoms with van der Waals surface area (Å²) >= 11 is 6.02. The summed E-state index contributed by atoms with van der Waals surface area (Å²) in [6, 6.07) is 17.1. The summed E-state index contributed by atoms with van der Waals surface area (Å²) in [4.78, 5) is 14.4. The van der Waals surface area contributed by atoms with Crippen LogP contribution in [0.5, 0.6) is 0 Å². The van der Waals surface area contributed by atoms with Gasteiger partial charge in [0.2, 0.25) is 0 Å². The molecule has 1 saturated heterocycles. The van der Waals surface area contributed by atoms with Gasteiger partial charge in [-0.3, -0.25) is 0 Å². The molecule has 0 spiro atoms. The van der Waals surface area contributed by atoms with Crippen molar-refractivity contribution in [3.8, 4) is 0 Å². The number of halogens is 1. The third-order valence-electron chi connectivity index (χ3n) is 5.10. The third kappa shape index (κ3) is 4.57. The van der Waals surface area contributed by atoms with Gasteiger partial charge in [-0.25, -0.2) is 4.79 Å². The quantitative estimate of drug-likeness (QED) is 0.826. The van der Waals surface area contributed by atoms with Crippen LogP contribution >= 0.6 is 11.6 Å². The first-order valence-electron chi connectivity index (χ1n) is 9.08. The highest BCUT2D eigenvalue weighted by molar-refractivity contribution is 6.30. The molecule has 3 rings (SSSR count). The van der Waals surface area contributed by atoms with Crippen LogP contribution in [0.1, 0.15) is 43.0 Å². The van der Waals surface area contributed by atoms with Gasteiger partial charge in [-0.05, 0) is 48.9 Å². The van der Waals surface area contributed by atoms with Crippen molar-refractivity contribution in [2.75, 3.05) is 13.1 Å². The Morgan fingerprint density at radius 3 is 2.42 bits per heavy atom. The van der Waals surface area contributed by atoms with Gasteiger partial charge in [-0.1, -0.05) is 54.1 Å². The van der Waals surface area contributed by atoms with Gasteiger partial charge in [-0.2, -0.15) is 0 Å². The van der Waals surface area contributed by atoms with Crippen molar-refractivity contribution in [1.29, 1.82) is 0 Å². The first-order chi connectivity index (χ1) is 12.5.